The number of aromatic nitrogens is 2. The van der Waals surface area contributed by atoms with E-state index >= 15 is 0 Å². The molecule has 0 radical (unpaired) electrons. The van der Waals surface area contributed by atoms with Crippen LogP contribution in [0, 0.1) is 0 Å². The standard InChI is InChI=1S/C28H28Cl2N2O9/c1-4-38-28(37-3)24-23(27(35)36-2)31-15-32(24)22-13-20(41-26(34)17-7-11-19(30)12-8-17)21(40-22)14-39-25(33)16-5-9-18(29)10-6-16/h5-12,15,20-22,28H,4,13-14H2,1-3H3/t20?,21?,22-,28?/m1/s1. The van der Waals surface area contributed by atoms with E-state index in [1.165, 1.54) is 44.8 Å². The van der Waals surface area contributed by atoms with Gasteiger partial charge in [0.2, 0.25) is 6.29 Å². The Morgan fingerprint density at radius 3 is 2.15 bits per heavy atom. The molecule has 4 rings (SSSR count). The molecule has 3 unspecified atom stereocenters. The Balaban J connectivity index is 1.60. The molecule has 3 aromatic rings. The predicted octanol–water partition coefficient (Wildman–Crippen LogP) is 5.03. The van der Waals surface area contributed by atoms with Crippen LogP contribution < -0.4 is 0 Å². The first kappa shape index (κ1) is 30.5. The van der Waals surface area contributed by atoms with Crippen molar-refractivity contribution in [2.75, 3.05) is 27.4 Å². The number of benzene rings is 2. The van der Waals surface area contributed by atoms with Crippen molar-refractivity contribution in [2.24, 2.45) is 0 Å². The Morgan fingerprint density at radius 2 is 1.59 bits per heavy atom. The summed E-state index contributed by atoms with van der Waals surface area (Å²) in [6.07, 6.45) is -1.95. The van der Waals surface area contributed by atoms with Gasteiger partial charge in [-0.15, -0.1) is 0 Å². The second-order valence-corrected chi connectivity index (χ2v) is 9.69. The Morgan fingerprint density at radius 1 is 0.976 bits per heavy atom. The van der Waals surface area contributed by atoms with Gasteiger partial charge in [0.15, 0.2) is 5.69 Å². The lowest BCUT2D eigenvalue weighted by atomic mass is 10.1. The van der Waals surface area contributed by atoms with Crippen LogP contribution in [0.1, 0.15) is 62.8 Å². The topological polar surface area (TPSA) is 124 Å². The summed E-state index contributed by atoms with van der Waals surface area (Å²) in [7, 11) is 2.65. The number of halogens is 2. The van der Waals surface area contributed by atoms with E-state index in [-0.39, 0.29) is 42.1 Å². The van der Waals surface area contributed by atoms with Crippen LogP contribution in [-0.2, 0) is 28.4 Å². The van der Waals surface area contributed by atoms with Gasteiger partial charge in [-0.3, -0.25) is 0 Å². The average molecular weight is 607 g/mol. The van der Waals surface area contributed by atoms with Gasteiger partial charge in [0.1, 0.15) is 30.7 Å². The number of carbonyl (C=O) groups is 3. The van der Waals surface area contributed by atoms with E-state index in [2.05, 4.69) is 4.98 Å². The Bertz CT molecular complexity index is 1360. The van der Waals surface area contributed by atoms with Gasteiger partial charge in [0, 0.05) is 30.2 Å². The lowest BCUT2D eigenvalue weighted by Crippen LogP contribution is -2.32. The summed E-state index contributed by atoms with van der Waals surface area (Å²) in [6, 6.07) is 12.4. The normalized spacial score (nSPS) is 19.0. The van der Waals surface area contributed by atoms with E-state index in [1.807, 2.05) is 0 Å². The van der Waals surface area contributed by atoms with Crippen molar-refractivity contribution in [1.29, 1.82) is 0 Å². The molecule has 2 heterocycles. The highest BCUT2D eigenvalue weighted by atomic mass is 35.5. The van der Waals surface area contributed by atoms with Crippen LogP contribution in [0.3, 0.4) is 0 Å². The number of carbonyl (C=O) groups excluding carboxylic acids is 3. The molecule has 1 aliphatic rings. The molecule has 1 aromatic heterocycles. The lowest BCUT2D eigenvalue weighted by molar-refractivity contribution is -0.133. The fraction of sp³-hybridized carbons (Fsp3) is 0.357. The molecule has 218 valence electrons. The fourth-order valence-corrected chi connectivity index (χ4v) is 4.51. The van der Waals surface area contributed by atoms with Gasteiger partial charge < -0.3 is 33.0 Å². The third-order valence-electron chi connectivity index (χ3n) is 6.25. The Labute approximate surface area is 246 Å². The Kier molecular flexibility index (Phi) is 10.4. The maximum atomic E-state index is 13.0. The van der Waals surface area contributed by atoms with Gasteiger partial charge in [-0.1, -0.05) is 23.2 Å². The molecule has 0 bridgehead atoms. The molecule has 4 atom stereocenters. The average Bonchev–Trinajstić information content (AvgIpc) is 3.59. The first-order valence-corrected chi connectivity index (χ1v) is 13.3. The van der Waals surface area contributed by atoms with E-state index < -0.39 is 42.6 Å². The predicted molar refractivity (Wildman–Crippen MR) is 146 cm³/mol. The molecule has 0 aliphatic carbocycles. The van der Waals surface area contributed by atoms with Crippen molar-refractivity contribution in [1.82, 2.24) is 9.55 Å². The van der Waals surface area contributed by atoms with Crippen LogP contribution in [0.15, 0.2) is 54.9 Å². The highest BCUT2D eigenvalue weighted by Gasteiger charge is 2.42. The molecule has 0 amide bonds. The lowest BCUT2D eigenvalue weighted by Gasteiger charge is -2.22. The zero-order chi connectivity index (χ0) is 29.5. The largest absolute Gasteiger partial charge is 0.464 e. The molecular formula is C28H28Cl2N2O9. The molecular weight excluding hydrogens is 579 g/mol. The van der Waals surface area contributed by atoms with Crippen LogP contribution in [0.25, 0.3) is 0 Å². The highest BCUT2D eigenvalue weighted by Crippen LogP contribution is 2.36. The van der Waals surface area contributed by atoms with Crippen LogP contribution in [0.5, 0.6) is 0 Å². The van der Waals surface area contributed by atoms with E-state index in [4.69, 9.17) is 51.6 Å². The van der Waals surface area contributed by atoms with E-state index in [1.54, 1.807) is 35.8 Å². The second-order valence-electron chi connectivity index (χ2n) is 8.82. The minimum absolute atomic E-state index is 0.0243. The van der Waals surface area contributed by atoms with Gasteiger partial charge in [-0.25, -0.2) is 19.4 Å². The van der Waals surface area contributed by atoms with Gasteiger partial charge in [0.25, 0.3) is 0 Å². The monoisotopic (exact) mass is 606 g/mol. The van der Waals surface area contributed by atoms with Crippen molar-refractivity contribution < 1.29 is 42.8 Å². The Hall–Kier alpha value is -3.48. The molecule has 1 saturated heterocycles. The highest BCUT2D eigenvalue weighted by molar-refractivity contribution is 6.31. The number of ether oxygens (including phenoxy) is 6. The number of hydrogen-bond acceptors (Lipinski definition) is 10. The molecule has 0 N–H and O–H groups in total. The zero-order valence-corrected chi connectivity index (χ0v) is 24.0. The van der Waals surface area contributed by atoms with Crippen LogP contribution in [0.4, 0.5) is 0 Å². The van der Waals surface area contributed by atoms with Crippen LogP contribution in [-0.4, -0.2) is 67.1 Å². The maximum absolute atomic E-state index is 13.0. The number of nitrogens with zero attached hydrogens (tertiary/aromatic N) is 2. The molecule has 41 heavy (non-hydrogen) atoms. The summed E-state index contributed by atoms with van der Waals surface area (Å²) in [5.74, 6) is -1.92. The molecule has 1 aliphatic heterocycles. The molecule has 13 heteroatoms. The summed E-state index contributed by atoms with van der Waals surface area (Å²) < 4.78 is 35.1. The first-order chi connectivity index (χ1) is 19.7. The van der Waals surface area contributed by atoms with Crippen molar-refractivity contribution in [3.05, 3.63) is 87.4 Å². The number of imidazole rings is 1. The summed E-state index contributed by atoms with van der Waals surface area (Å²) >= 11 is 11.9. The molecule has 0 saturated carbocycles. The van der Waals surface area contributed by atoms with Crippen molar-refractivity contribution in [3.63, 3.8) is 0 Å². The fourth-order valence-electron chi connectivity index (χ4n) is 4.26. The van der Waals surface area contributed by atoms with Gasteiger partial charge >= 0.3 is 17.9 Å². The quantitative estimate of drug-likeness (QED) is 0.167. The summed E-state index contributed by atoms with van der Waals surface area (Å²) in [4.78, 5) is 42.3. The maximum Gasteiger partial charge on any atom is 0.358 e. The molecule has 11 nitrogen and oxygen atoms in total. The molecule has 1 fully saturated rings. The number of hydrogen-bond donors (Lipinski definition) is 0. The third-order valence-corrected chi connectivity index (χ3v) is 6.76. The van der Waals surface area contributed by atoms with Crippen molar-refractivity contribution in [3.8, 4) is 0 Å². The minimum Gasteiger partial charge on any atom is -0.464 e. The van der Waals surface area contributed by atoms with Gasteiger partial charge in [-0.05, 0) is 55.5 Å². The molecule has 2 aromatic carbocycles. The van der Waals surface area contributed by atoms with E-state index in [0.29, 0.717) is 10.0 Å². The number of rotatable bonds is 11. The van der Waals surface area contributed by atoms with Crippen molar-refractivity contribution in [2.45, 2.75) is 38.1 Å². The molecule has 0 spiro atoms. The van der Waals surface area contributed by atoms with Crippen LogP contribution >= 0.6 is 23.2 Å². The number of methoxy groups -OCH3 is 2. The second kappa shape index (κ2) is 13.9. The summed E-state index contributed by atoms with van der Waals surface area (Å²) in [5.41, 5.74) is 0.802. The smallest absolute Gasteiger partial charge is 0.358 e. The summed E-state index contributed by atoms with van der Waals surface area (Å²) in [5, 5.41) is 0.940. The third kappa shape index (κ3) is 7.24. The summed E-state index contributed by atoms with van der Waals surface area (Å²) in [6.45, 7) is 1.82. The zero-order valence-electron chi connectivity index (χ0n) is 22.5. The van der Waals surface area contributed by atoms with Crippen LogP contribution in [0.2, 0.25) is 10.0 Å². The van der Waals surface area contributed by atoms with E-state index in [0.717, 1.165) is 0 Å². The first-order valence-electron chi connectivity index (χ1n) is 12.6. The van der Waals surface area contributed by atoms with Gasteiger partial charge in [-0.2, -0.15) is 0 Å². The SMILES string of the molecule is CCOC(OC)c1c(C(=O)OC)ncn1[C@H]1CC(OC(=O)c2ccc(Cl)cc2)C(COC(=O)c2ccc(Cl)cc2)O1. The van der Waals surface area contributed by atoms with Gasteiger partial charge in [0.05, 0.1) is 24.6 Å². The van der Waals surface area contributed by atoms with E-state index in [9.17, 15) is 14.4 Å². The number of esters is 3. The minimum atomic E-state index is -0.975. The van der Waals surface area contributed by atoms with Crippen molar-refractivity contribution >= 4 is 41.1 Å².